The van der Waals surface area contributed by atoms with Crippen molar-refractivity contribution in [1.29, 1.82) is 0 Å². The molecule has 0 aliphatic carbocycles. The van der Waals surface area contributed by atoms with Gasteiger partial charge in [0.15, 0.2) is 0 Å². The quantitative estimate of drug-likeness (QED) is 0.545. The Morgan fingerprint density at radius 2 is 1.48 bits per heavy atom. The molecule has 0 spiro atoms. The third kappa shape index (κ3) is 7.32. The van der Waals surface area contributed by atoms with Crippen molar-refractivity contribution in [3.8, 4) is 0 Å². The van der Waals surface area contributed by atoms with E-state index in [1.165, 1.54) is 7.11 Å². The molecule has 2 aromatic carbocycles. The van der Waals surface area contributed by atoms with Gasteiger partial charge in [-0.15, -0.1) is 0 Å². The lowest BCUT2D eigenvalue weighted by atomic mass is 10.2. The Hall–Kier alpha value is -3.92. The molecular weight excluding hydrogens is 426 g/mol. The summed E-state index contributed by atoms with van der Waals surface area (Å²) in [4.78, 5) is 51.6. The van der Waals surface area contributed by atoms with Crippen molar-refractivity contribution in [2.24, 2.45) is 0 Å². The van der Waals surface area contributed by atoms with Crippen molar-refractivity contribution in [3.63, 3.8) is 0 Å². The van der Waals surface area contributed by atoms with Crippen molar-refractivity contribution >= 4 is 35.2 Å². The number of benzene rings is 2. The number of ether oxygens (including phenoxy) is 1. The molecule has 0 unspecified atom stereocenters. The fourth-order valence-corrected chi connectivity index (χ4v) is 3.27. The molecule has 4 amide bonds. The van der Waals surface area contributed by atoms with Crippen LogP contribution in [0.25, 0.3) is 0 Å². The first-order valence-electron chi connectivity index (χ1n) is 10.5. The van der Waals surface area contributed by atoms with Crippen LogP contribution in [0.2, 0.25) is 0 Å². The molecule has 3 rings (SSSR count). The minimum absolute atomic E-state index is 0.0881. The molecule has 0 aromatic heterocycles. The van der Waals surface area contributed by atoms with E-state index in [2.05, 4.69) is 20.7 Å². The maximum atomic E-state index is 12.6. The Balaban J connectivity index is 1.41. The van der Waals surface area contributed by atoms with E-state index < -0.39 is 11.9 Å². The highest BCUT2D eigenvalue weighted by Gasteiger charge is 2.22. The third-order valence-corrected chi connectivity index (χ3v) is 5.10. The van der Waals surface area contributed by atoms with Crippen LogP contribution in [0.15, 0.2) is 54.6 Å². The van der Waals surface area contributed by atoms with Crippen molar-refractivity contribution < 1.29 is 23.9 Å². The smallest absolute Gasteiger partial charge is 0.325 e. The van der Waals surface area contributed by atoms with Crippen LogP contribution in [0.1, 0.15) is 10.4 Å². The second kappa shape index (κ2) is 11.6. The molecule has 1 aliphatic heterocycles. The van der Waals surface area contributed by atoms with Gasteiger partial charge in [0, 0.05) is 43.1 Å². The molecule has 0 radical (unpaired) electrons. The van der Waals surface area contributed by atoms with Gasteiger partial charge in [-0.05, 0) is 36.4 Å². The average molecular weight is 453 g/mol. The molecule has 1 heterocycles. The molecule has 0 bridgehead atoms. The molecule has 0 saturated carbocycles. The number of nitrogens with zero attached hydrogens (tertiary/aromatic N) is 2. The zero-order chi connectivity index (χ0) is 23.6. The maximum absolute atomic E-state index is 12.6. The number of hydrogen-bond acceptors (Lipinski definition) is 6. The van der Waals surface area contributed by atoms with Crippen LogP contribution in [-0.4, -0.2) is 80.0 Å². The van der Waals surface area contributed by atoms with Crippen LogP contribution >= 0.6 is 0 Å². The molecule has 0 atom stereocenters. The lowest BCUT2D eigenvalue weighted by Crippen LogP contribution is -2.51. The molecule has 174 valence electrons. The molecule has 10 heteroatoms. The predicted octanol–water partition coefficient (Wildman–Crippen LogP) is 1.38. The van der Waals surface area contributed by atoms with Gasteiger partial charge in [0.05, 0.1) is 13.7 Å². The Morgan fingerprint density at radius 3 is 2.12 bits per heavy atom. The van der Waals surface area contributed by atoms with E-state index in [0.29, 0.717) is 37.4 Å². The van der Waals surface area contributed by atoms with Gasteiger partial charge in [-0.1, -0.05) is 18.2 Å². The molecule has 1 aliphatic rings. The van der Waals surface area contributed by atoms with Crippen LogP contribution in [0, 0.1) is 0 Å². The van der Waals surface area contributed by atoms with Gasteiger partial charge >= 0.3 is 12.0 Å². The molecule has 1 fully saturated rings. The summed E-state index contributed by atoms with van der Waals surface area (Å²) in [6, 6.07) is 15.4. The van der Waals surface area contributed by atoms with Gasteiger partial charge in [0.1, 0.15) is 6.54 Å². The number of amides is 4. The van der Waals surface area contributed by atoms with E-state index in [1.54, 1.807) is 29.2 Å². The first kappa shape index (κ1) is 23.7. The fraction of sp³-hybridized carbons (Fsp3) is 0.304. The van der Waals surface area contributed by atoms with Crippen LogP contribution < -0.4 is 16.0 Å². The number of piperazine rings is 1. The molecule has 10 nitrogen and oxygen atoms in total. The van der Waals surface area contributed by atoms with E-state index in [4.69, 9.17) is 0 Å². The van der Waals surface area contributed by atoms with Crippen molar-refractivity contribution in [3.05, 3.63) is 60.2 Å². The molecule has 3 N–H and O–H groups in total. The number of urea groups is 1. The lowest BCUT2D eigenvalue weighted by Gasteiger charge is -2.34. The number of methoxy groups -OCH3 is 1. The SMILES string of the molecule is COC(=O)CNC(=O)c1ccc(NC(=O)N2CCN(CC(=O)Nc3ccccc3)CC2)cc1. The van der Waals surface area contributed by atoms with Gasteiger partial charge in [-0.2, -0.15) is 0 Å². The molecule has 33 heavy (non-hydrogen) atoms. The maximum Gasteiger partial charge on any atom is 0.325 e. The van der Waals surface area contributed by atoms with E-state index in [-0.39, 0.29) is 25.0 Å². The molecule has 2 aromatic rings. The van der Waals surface area contributed by atoms with Crippen LogP contribution in [0.5, 0.6) is 0 Å². The summed E-state index contributed by atoms with van der Waals surface area (Å²) in [5.41, 5.74) is 1.67. The summed E-state index contributed by atoms with van der Waals surface area (Å²) in [6.45, 7) is 2.23. The molecular formula is C23H27N5O5. The van der Waals surface area contributed by atoms with Gasteiger partial charge in [0.25, 0.3) is 5.91 Å². The number of anilines is 2. The number of hydrogen-bond donors (Lipinski definition) is 3. The summed E-state index contributed by atoms with van der Waals surface area (Å²) in [7, 11) is 1.24. The van der Waals surface area contributed by atoms with Gasteiger partial charge in [0.2, 0.25) is 5.91 Å². The Bertz CT molecular complexity index is 972. The summed E-state index contributed by atoms with van der Waals surface area (Å²) >= 11 is 0. The summed E-state index contributed by atoms with van der Waals surface area (Å²) in [5, 5.41) is 8.12. The highest BCUT2D eigenvalue weighted by atomic mass is 16.5. The number of para-hydroxylation sites is 1. The van der Waals surface area contributed by atoms with Crippen LogP contribution in [0.3, 0.4) is 0 Å². The number of esters is 1. The second-order valence-corrected chi connectivity index (χ2v) is 7.44. The van der Waals surface area contributed by atoms with Gasteiger partial charge < -0.3 is 25.6 Å². The van der Waals surface area contributed by atoms with E-state index in [9.17, 15) is 19.2 Å². The van der Waals surface area contributed by atoms with E-state index >= 15 is 0 Å². The average Bonchev–Trinajstić information content (AvgIpc) is 2.83. The minimum Gasteiger partial charge on any atom is -0.468 e. The lowest BCUT2D eigenvalue weighted by molar-refractivity contribution is -0.139. The van der Waals surface area contributed by atoms with Crippen LogP contribution in [-0.2, 0) is 14.3 Å². The zero-order valence-corrected chi connectivity index (χ0v) is 18.4. The Labute approximate surface area is 191 Å². The first-order chi connectivity index (χ1) is 15.9. The highest BCUT2D eigenvalue weighted by Crippen LogP contribution is 2.12. The Kier molecular flexibility index (Phi) is 8.36. The number of carbonyl (C=O) groups excluding carboxylic acids is 4. The summed E-state index contributed by atoms with van der Waals surface area (Å²) in [5.74, 6) is -1.04. The number of nitrogens with one attached hydrogen (secondary N) is 3. The second-order valence-electron chi connectivity index (χ2n) is 7.44. The largest absolute Gasteiger partial charge is 0.468 e. The number of rotatable bonds is 7. The standard InChI is InChI=1S/C23H27N5O5/c1-33-21(30)15-24-22(31)17-7-9-19(10-8-17)26-23(32)28-13-11-27(12-14-28)16-20(29)25-18-5-3-2-4-6-18/h2-10H,11-16H2,1H3,(H,24,31)(H,25,29)(H,26,32). The van der Waals surface area contributed by atoms with Gasteiger partial charge in [-0.3, -0.25) is 19.3 Å². The topological polar surface area (TPSA) is 120 Å². The van der Waals surface area contributed by atoms with Crippen LogP contribution in [0.4, 0.5) is 16.2 Å². The fourth-order valence-electron chi connectivity index (χ4n) is 3.27. The van der Waals surface area contributed by atoms with Gasteiger partial charge in [-0.25, -0.2) is 4.79 Å². The minimum atomic E-state index is -0.538. The van der Waals surface area contributed by atoms with Crippen molar-refractivity contribution in [2.45, 2.75) is 0 Å². The third-order valence-electron chi connectivity index (χ3n) is 5.10. The van der Waals surface area contributed by atoms with E-state index in [0.717, 1.165) is 5.69 Å². The number of carbonyl (C=O) groups is 4. The summed E-state index contributed by atoms with van der Waals surface area (Å²) in [6.07, 6.45) is 0. The normalized spacial score (nSPS) is 13.7. The molecule has 1 saturated heterocycles. The van der Waals surface area contributed by atoms with E-state index in [1.807, 2.05) is 35.2 Å². The highest BCUT2D eigenvalue weighted by molar-refractivity contribution is 5.97. The Morgan fingerprint density at radius 1 is 0.848 bits per heavy atom. The zero-order valence-electron chi connectivity index (χ0n) is 18.4. The first-order valence-corrected chi connectivity index (χ1v) is 10.5. The van der Waals surface area contributed by atoms with Crippen molar-refractivity contribution in [2.75, 3.05) is 57.0 Å². The summed E-state index contributed by atoms with van der Waals surface area (Å²) < 4.78 is 4.48. The monoisotopic (exact) mass is 453 g/mol. The predicted molar refractivity (Wildman–Crippen MR) is 123 cm³/mol. The van der Waals surface area contributed by atoms with Crippen molar-refractivity contribution in [1.82, 2.24) is 15.1 Å².